The second-order valence-electron chi connectivity index (χ2n) is 5.11. The van der Waals surface area contributed by atoms with Gasteiger partial charge in [-0.1, -0.05) is 0 Å². The molecule has 1 heterocycles. The molecule has 2 rings (SSSR count). The van der Waals surface area contributed by atoms with Gasteiger partial charge in [0.15, 0.2) is 0 Å². The van der Waals surface area contributed by atoms with E-state index in [9.17, 15) is 14.0 Å². The molecule has 0 spiro atoms. The number of carboxylic acids is 1. The van der Waals surface area contributed by atoms with E-state index >= 15 is 0 Å². The van der Waals surface area contributed by atoms with Crippen molar-refractivity contribution in [3.63, 3.8) is 0 Å². The summed E-state index contributed by atoms with van der Waals surface area (Å²) in [5.41, 5.74) is 5.79. The molecule has 5 nitrogen and oxygen atoms in total. The van der Waals surface area contributed by atoms with Crippen LogP contribution in [0.2, 0.25) is 0 Å². The number of likely N-dealkylation sites (tertiary alicyclic amines) is 1. The summed E-state index contributed by atoms with van der Waals surface area (Å²) in [5, 5.41) is 9.08. The van der Waals surface area contributed by atoms with Gasteiger partial charge in [-0.15, -0.1) is 0 Å². The Labute approximate surface area is 116 Å². The maximum absolute atomic E-state index is 13.8. The third kappa shape index (κ3) is 2.80. The molecule has 2 unspecified atom stereocenters. The standard InChI is InChI=1S/C14H17FN2O3/c1-8-11(14(19)20)4-5-17(8)7-10-6-9(13(16)18)2-3-12(10)15/h2-3,6,8,11H,4-5,7H2,1H3,(H2,16,18)(H,19,20). The number of nitrogens with zero attached hydrogens (tertiary/aromatic N) is 1. The van der Waals surface area contributed by atoms with Gasteiger partial charge in [0.25, 0.3) is 0 Å². The lowest BCUT2D eigenvalue weighted by molar-refractivity contribution is -0.142. The van der Waals surface area contributed by atoms with Crippen molar-refractivity contribution >= 4 is 11.9 Å². The maximum Gasteiger partial charge on any atom is 0.308 e. The van der Waals surface area contributed by atoms with Crippen molar-refractivity contribution in [2.45, 2.75) is 25.9 Å². The molecule has 1 fully saturated rings. The van der Waals surface area contributed by atoms with Crippen LogP contribution in [0.25, 0.3) is 0 Å². The van der Waals surface area contributed by atoms with Crippen molar-refractivity contribution in [1.29, 1.82) is 0 Å². The molecule has 0 radical (unpaired) electrons. The van der Waals surface area contributed by atoms with E-state index < -0.39 is 23.6 Å². The van der Waals surface area contributed by atoms with Crippen LogP contribution < -0.4 is 5.73 Å². The zero-order valence-corrected chi connectivity index (χ0v) is 11.2. The number of carboxylic acid groups (broad SMARTS) is 1. The summed E-state index contributed by atoms with van der Waals surface area (Å²) in [4.78, 5) is 24.1. The molecule has 108 valence electrons. The summed E-state index contributed by atoms with van der Waals surface area (Å²) in [6.45, 7) is 2.69. The number of hydrogen-bond acceptors (Lipinski definition) is 3. The molecule has 2 atom stereocenters. The highest BCUT2D eigenvalue weighted by atomic mass is 19.1. The van der Waals surface area contributed by atoms with Gasteiger partial charge < -0.3 is 10.8 Å². The van der Waals surface area contributed by atoms with Crippen LogP contribution in [0, 0.1) is 11.7 Å². The first-order valence-corrected chi connectivity index (χ1v) is 6.45. The van der Waals surface area contributed by atoms with E-state index in [-0.39, 0.29) is 18.2 Å². The summed E-state index contributed by atoms with van der Waals surface area (Å²) in [6, 6.07) is 3.82. The average Bonchev–Trinajstić information content (AvgIpc) is 2.73. The monoisotopic (exact) mass is 280 g/mol. The molecule has 1 aliphatic rings. The highest BCUT2D eigenvalue weighted by Crippen LogP contribution is 2.26. The fourth-order valence-electron chi connectivity index (χ4n) is 2.63. The predicted octanol–water partition coefficient (Wildman–Crippen LogP) is 1.22. The summed E-state index contributed by atoms with van der Waals surface area (Å²) in [5.74, 6) is -2.28. The zero-order valence-electron chi connectivity index (χ0n) is 11.2. The molecule has 20 heavy (non-hydrogen) atoms. The minimum absolute atomic E-state index is 0.163. The van der Waals surface area contributed by atoms with Crippen LogP contribution in [0.1, 0.15) is 29.3 Å². The highest BCUT2D eigenvalue weighted by molar-refractivity contribution is 5.92. The third-order valence-corrected chi connectivity index (χ3v) is 3.91. The highest BCUT2D eigenvalue weighted by Gasteiger charge is 2.35. The van der Waals surface area contributed by atoms with Gasteiger partial charge in [0.2, 0.25) is 5.91 Å². The first-order chi connectivity index (χ1) is 9.40. The van der Waals surface area contributed by atoms with Gasteiger partial charge in [0.05, 0.1) is 5.92 Å². The molecule has 1 amide bonds. The first-order valence-electron chi connectivity index (χ1n) is 6.45. The lowest BCUT2D eigenvalue weighted by atomic mass is 10.0. The maximum atomic E-state index is 13.8. The van der Waals surface area contributed by atoms with Crippen molar-refractivity contribution < 1.29 is 19.1 Å². The van der Waals surface area contributed by atoms with Gasteiger partial charge in [-0.05, 0) is 38.1 Å². The van der Waals surface area contributed by atoms with Crippen molar-refractivity contribution in [3.8, 4) is 0 Å². The Balaban J connectivity index is 2.16. The van der Waals surface area contributed by atoms with Crippen molar-refractivity contribution in [1.82, 2.24) is 4.90 Å². The number of aliphatic carboxylic acids is 1. The second-order valence-corrected chi connectivity index (χ2v) is 5.11. The molecule has 0 aliphatic carbocycles. The minimum atomic E-state index is -0.827. The molecule has 0 bridgehead atoms. The molecular formula is C14H17FN2O3. The Morgan fingerprint density at radius 3 is 2.75 bits per heavy atom. The van der Waals surface area contributed by atoms with Gasteiger partial charge in [-0.3, -0.25) is 14.5 Å². The number of primary amides is 1. The Hall–Kier alpha value is -1.95. The normalized spacial score (nSPS) is 22.9. The molecule has 1 aromatic carbocycles. The smallest absolute Gasteiger partial charge is 0.308 e. The minimum Gasteiger partial charge on any atom is -0.481 e. The second kappa shape index (κ2) is 5.58. The number of amides is 1. The number of halogens is 1. The van der Waals surface area contributed by atoms with Crippen LogP contribution in [0.4, 0.5) is 4.39 Å². The quantitative estimate of drug-likeness (QED) is 0.868. The fraction of sp³-hybridized carbons (Fsp3) is 0.429. The number of benzene rings is 1. The van der Waals surface area contributed by atoms with Gasteiger partial charge in [0.1, 0.15) is 5.82 Å². The van der Waals surface area contributed by atoms with Gasteiger partial charge in [0, 0.05) is 23.7 Å². The molecule has 0 aromatic heterocycles. The SMILES string of the molecule is CC1C(C(=O)O)CCN1Cc1cc(C(N)=O)ccc1F. The molecule has 1 aromatic rings. The summed E-state index contributed by atoms with van der Waals surface area (Å²) < 4.78 is 13.8. The van der Waals surface area contributed by atoms with Crippen LogP contribution in [-0.4, -0.2) is 34.5 Å². The van der Waals surface area contributed by atoms with Crippen molar-refractivity contribution in [3.05, 3.63) is 35.1 Å². The fourth-order valence-corrected chi connectivity index (χ4v) is 2.63. The number of carbonyl (C=O) groups is 2. The van der Waals surface area contributed by atoms with Gasteiger partial charge in [-0.2, -0.15) is 0 Å². The van der Waals surface area contributed by atoms with E-state index in [1.54, 1.807) is 0 Å². The zero-order chi connectivity index (χ0) is 14.9. The van der Waals surface area contributed by atoms with Crippen LogP contribution >= 0.6 is 0 Å². The average molecular weight is 280 g/mol. The summed E-state index contributed by atoms with van der Waals surface area (Å²) in [7, 11) is 0. The van der Waals surface area contributed by atoms with E-state index in [4.69, 9.17) is 10.8 Å². The lowest BCUT2D eigenvalue weighted by Crippen LogP contribution is -2.32. The number of carbonyl (C=O) groups excluding carboxylic acids is 1. The number of nitrogens with two attached hydrogens (primary N) is 1. The van der Waals surface area contributed by atoms with Gasteiger partial charge >= 0.3 is 5.97 Å². The van der Waals surface area contributed by atoms with Crippen molar-refractivity contribution in [2.24, 2.45) is 11.7 Å². The van der Waals surface area contributed by atoms with E-state index in [1.807, 2.05) is 11.8 Å². The molecule has 0 saturated carbocycles. The van der Waals surface area contributed by atoms with Crippen molar-refractivity contribution in [2.75, 3.05) is 6.54 Å². The number of hydrogen-bond donors (Lipinski definition) is 2. The molecular weight excluding hydrogens is 263 g/mol. The molecule has 6 heteroatoms. The van der Waals surface area contributed by atoms with Crippen LogP contribution in [0.5, 0.6) is 0 Å². The first kappa shape index (κ1) is 14.5. The summed E-state index contributed by atoms with van der Waals surface area (Å²) in [6.07, 6.45) is 0.549. The predicted molar refractivity (Wildman–Crippen MR) is 70.5 cm³/mol. The van der Waals surface area contributed by atoms with Crippen LogP contribution in [0.3, 0.4) is 0 Å². The van der Waals surface area contributed by atoms with Crippen LogP contribution in [0.15, 0.2) is 18.2 Å². The summed E-state index contributed by atoms with van der Waals surface area (Å²) >= 11 is 0. The van der Waals surface area contributed by atoms with E-state index in [2.05, 4.69) is 0 Å². The van der Waals surface area contributed by atoms with E-state index in [0.29, 0.717) is 18.5 Å². The Kier molecular flexibility index (Phi) is 4.04. The Bertz CT molecular complexity index is 547. The molecule has 1 saturated heterocycles. The molecule has 1 aliphatic heterocycles. The topological polar surface area (TPSA) is 83.6 Å². The van der Waals surface area contributed by atoms with Crippen LogP contribution in [-0.2, 0) is 11.3 Å². The molecule has 3 N–H and O–H groups in total. The van der Waals surface area contributed by atoms with E-state index in [1.165, 1.54) is 18.2 Å². The number of rotatable bonds is 4. The van der Waals surface area contributed by atoms with Gasteiger partial charge in [-0.25, -0.2) is 4.39 Å². The Morgan fingerprint density at radius 2 is 2.20 bits per heavy atom. The largest absolute Gasteiger partial charge is 0.481 e. The Morgan fingerprint density at radius 1 is 1.50 bits per heavy atom. The van der Waals surface area contributed by atoms with E-state index in [0.717, 1.165) is 0 Å². The lowest BCUT2D eigenvalue weighted by Gasteiger charge is -2.23. The third-order valence-electron chi connectivity index (χ3n) is 3.91.